The van der Waals surface area contributed by atoms with Crippen LogP contribution in [0.3, 0.4) is 0 Å². The van der Waals surface area contributed by atoms with E-state index in [1.54, 1.807) is 11.0 Å². The van der Waals surface area contributed by atoms with Gasteiger partial charge in [0.1, 0.15) is 28.7 Å². The third-order valence-corrected chi connectivity index (χ3v) is 9.90. The molecule has 0 unspecified atom stereocenters. The molecule has 1 N–H and O–H groups in total. The average molecular weight is 625 g/mol. The lowest BCUT2D eigenvalue weighted by molar-refractivity contribution is -0.126. The van der Waals surface area contributed by atoms with Crippen molar-refractivity contribution in [1.29, 1.82) is 5.26 Å². The number of nitriles is 1. The number of piperazine rings is 1. The second-order valence-corrected chi connectivity index (χ2v) is 12.8. The number of anilines is 1. The van der Waals surface area contributed by atoms with Crippen molar-refractivity contribution in [3.8, 4) is 6.07 Å². The maximum atomic E-state index is 12.9. The van der Waals surface area contributed by atoms with Crippen LogP contribution in [0.4, 0.5) is 19.0 Å². The number of fused-ring (bicyclic) bond motifs is 2. The molecule has 2 fully saturated rings. The van der Waals surface area contributed by atoms with Crippen LogP contribution < -0.4 is 5.32 Å². The van der Waals surface area contributed by atoms with E-state index in [4.69, 9.17) is 0 Å². The fourth-order valence-corrected chi connectivity index (χ4v) is 7.36. The van der Waals surface area contributed by atoms with Crippen LogP contribution in [0.5, 0.6) is 0 Å². The van der Waals surface area contributed by atoms with Gasteiger partial charge in [0.05, 0.1) is 11.8 Å². The van der Waals surface area contributed by atoms with Gasteiger partial charge in [-0.3, -0.25) is 14.6 Å². The molecule has 0 atom stereocenters. The second-order valence-electron chi connectivity index (χ2n) is 11.7. The van der Waals surface area contributed by atoms with Crippen LogP contribution in [-0.4, -0.2) is 93.7 Å². The number of halogens is 3. The molecule has 0 bridgehead atoms. The number of nitrogens with one attached hydrogen (secondary N) is 1. The summed E-state index contributed by atoms with van der Waals surface area (Å²) >= 11 is 1.06. The van der Waals surface area contributed by atoms with Crippen LogP contribution in [0.15, 0.2) is 30.6 Å². The van der Waals surface area contributed by atoms with Gasteiger partial charge < -0.3 is 14.8 Å². The molecule has 1 aromatic carbocycles. The number of carbonyl (C=O) groups is 1. The zero-order chi connectivity index (χ0) is 30.8. The molecule has 3 aromatic heterocycles. The van der Waals surface area contributed by atoms with Gasteiger partial charge in [-0.05, 0) is 49.1 Å². The molecule has 2 saturated heterocycles. The quantitative estimate of drug-likeness (QED) is 0.268. The molecular formula is C31H35F3N8OS. The van der Waals surface area contributed by atoms with E-state index < -0.39 is 12.6 Å². The van der Waals surface area contributed by atoms with E-state index in [1.807, 2.05) is 6.07 Å². The van der Waals surface area contributed by atoms with Crippen LogP contribution in [0.2, 0.25) is 0 Å². The lowest BCUT2D eigenvalue weighted by atomic mass is 10.0. The van der Waals surface area contributed by atoms with E-state index in [-0.39, 0.29) is 10.9 Å². The van der Waals surface area contributed by atoms with E-state index in [0.717, 1.165) is 100 Å². The molecule has 2 aliphatic rings. The van der Waals surface area contributed by atoms with Crippen molar-refractivity contribution >= 4 is 44.7 Å². The van der Waals surface area contributed by atoms with Crippen LogP contribution in [0.1, 0.15) is 34.5 Å². The maximum absolute atomic E-state index is 12.9. The van der Waals surface area contributed by atoms with Crippen molar-refractivity contribution in [2.24, 2.45) is 0 Å². The first kappa shape index (κ1) is 30.3. The van der Waals surface area contributed by atoms with Crippen LogP contribution in [0, 0.1) is 18.3 Å². The molecule has 4 aromatic rings. The first-order valence-corrected chi connectivity index (χ1v) is 15.7. The molecular weight excluding hydrogens is 589 g/mol. The second kappa shape index (κ2) is 12.7. The van der Waals surface area contributed by atoms with Gasteiger partial charge in [-0.15, -0.1) is 11.3 Å². The predicted molar refractivity (Wildman–Crippen MR) is 165 cm³/mol. The summed E-state index contributed by atoms with van der Waals surface area (Å²) in [6, 6.07) is 10.4. The van der Waals surface area contributed by atoms with Gasteiger partial charge in [0.2, 0.25) is 6.41 Å². The Kier molecular flexibility index (Phi) is 8.75. The van der Waals surface area contributed by atoms with E-state index in [2.05, 4.69) is 54.8 Å². The summed E-state index contributed by atoms with van der Waals surface area (Å²) in [6.07, 6.45) is -1.11. The molecule has 0 spiro atoms. The van der Waals surface area contributed by atoms with E-state index in [1.165, 1.54) is 17.5 Å². The number of amides is 1. The highest BCUT2D eigenvalue weighted by Gasteiger charge is 2.29. The van der Waals surface area contributed by atoms with Gasteiger partial charge in [-0.2, -0.15) is 18.4 Å². The predicted octanol–water partition coefficient (Wildman–Crippen LogP) is 4.78. The number of aromatic nitrogens is 3. The average Bonchev–Trinajstić information content (AvgIpc) is 3.59. The summed E-state index contributed by atoms with van der Waals surface area (Å²) in [6.45, 7) is 9.42. The Balaban J connectivity index is 1.07. The van der Waals surface area contributed by atoms with Crippen LogP contribution in [-0.2, 0) is 24.3 Å². The van der Waals surface area contributed by atoms with Crippen molar-refractivity contribution in [3.05, 3.63) is 52.3 Å². The SMILES string of the molecule is Cc1c(CN2CCC(Nc3ncnc4sc(CC(F)(F)F)cc34)CC2)ccc2c1cc(C#N)n2CCN1CCN(C=O)CC1. The number of benzene rings is 1. The molecule has 9 nitrogen and oxygen atoms in total. The van der Waals surface area contributed by atoms with E-state index >= 15 is 0 Å². The zero-order valence-corrected chi connectivity index (χ0v) is 25.4. The summed E-state index contributed by atoms with van der Waals surface area (Å²) in [5, 5.41) is 15.1. The fourth-order valence-electron chi connectivity index (χ4n) is 6.33. The van der Waals surface area contributed by atoms with Crippen molar-refractivity contribution in [2.75, 3.05) is 51.1 Å². The van der Waals surface area contributed by atoms with Crippen molar-refractivity contribution in [1.82, 2.24) is 29.2 Å². The largest absolute Gasteiger partial charge is 0.393 e. The third-order valence-electron chi connectivity index (χ3n) is 8.85. The number of thiophene rings is 1. The Labute approximate surface area is 257 Å². The first-order valence-electron chi connectivity index (χ1n) is 14.9. The summed E-state index contributed by atoms with van der Waals surface area (Å²) in [7, 11) is 0. The topological polar surface area (TPSA) is 93.3 Å². The Hall–Kier alpha value is -3.73. The molecule has 13 heteroatoms. The third kappa shape index (κ3) is 6.67. The minimum absolute atomic E-state index is 0.174. The Morgan fingerprint density at radius 1 is 1.05 bits per heavy atom. The number of likely N-dealkylation sites (tertiary alicyclic amines) is 1. The Morgan fingerprint density at radius 3 is 2.52 bits per heavy atom. The maximum Gasteiger partial charge on any atom is 0.393 e. The highest BCUT2D eigenvalue weighted by atomic mass is 32.1. The van der Waals surface area contributed by atoms with Crippen LogP contribution >= 0.6 is 11.3 Å². The number of carbonyl (C=O) groups excluding carboxylic acids is 1. The molecule has 0 saturated carbocycles. The van der Waals surface area contributed by atoms with Crippen molar-refractivity contribution in [3.63, 3.8) is 0 Å². The first-order chi connectivity index (χ1) is 21.2. The molecule has 0 aliphatic carbocycles. The number of hydrogen-bond acceptors (Lipinski definition) is 8. The van der Waals surface area contributed by atoms with Gasteiger partial charge in [0, 0.05) is 80.7 Å². The van der Waals surface area contributed by atoms with E-state index in [0.29, 0.717) is 21.7 Å². The Morgan fingerprint density at radius 2 is 1.82 bits per heavy atom. The number of rotatable bonds is 9. The smallest absolute Gasteiger partial charge is 0.367 e. The molecule has 44 heavy (non-hydrogen) atoms. The van der Waals surface area contributed by atoms with Gasteiger partial charge in [0.15, 0.2) is 0 Å². The highest BCUT2D eigenvalue weighted by molar-refractivity contribution is 7.18. The number of piperidine rings is 1. The summed E-state index contributed by atoms with van der Waals surface area (Å²) in [5.41, 5.74) is 4.16. The number of aryl methyl sites for hydroxylation is 1. The highest BCUT2D eigenvalue weighted by Crippen LogP contribution is 2.33. The number of hydrogen-bond donors (Lipinski definition) is 1. The molecule has 0 radical (unpaired) electrons. The van der Waals surface area contributed by atoms with Crippen molar-refractivity contribution < 1.29 is 18.0 Å². The van der Waals surface area contributed by atoms with Crippen LogP contribution in [0.25, 0.3) is 21.1 Å². The van der Waals surface area contributed by atoms with E-state index in [9.17, 15) is 23.2 Å². The summed E-state index contributed by atoms with van der Waals surface area (Å²) in [4.78, 5) is 26.9. The summed E-state index contributed by atoms with van der Waals surface area (Å²) in [5.74, 6) is 0.598. The molecule has 232 valence electrons. The lowest BCUT2D eigenvalue weighted by Crippen LogP contribution is -2.46. The molecule has 1 amide bonds. The fraction of sp³-hybridized carbons (Fsp3) is 0.484. The number of nitrogens with zero attached hydrogens (tertiary/aromatic N) is 7. The Bertz CT molecular complexity index is 1680. The minimum Gasteiger partial charge on any atom is -0.367 e. The minimum atomic E-state index is -4.26. The molecule has 5 heterocycles. The standard InChI is InChI=1S/C31H35F3N8OS/c1-21-22(2-3-28-26(21)14-24(17-35)42(28)13-12-39-8-10-41(20-43)11-9-39)18-40-6-4-23(5-7-40)38-29-27-15-25(16-31(32,33)34)44-30(27)37-19-36-29/h2-3,14-15,19-20,23H,4-13,16,18H2,1H3,(H,36,37,38). The number of alkyl halides is 3. The monoisotopic (exact) mass is 624 g/mol. The van der Waals surface area contributed by atoms with Gasteiger partial charge in [-0.25, -0.2) is 9.97 Å². The molecule has 6 rings (SSSR count). The zero-order valence-electron chi connectivity index (χ0n) is 24.6. The lowest BCUT2D eigenvalue weighted by Gasteiger charge is -2.33. The molecule has 2 aliphatic heterocycles. The van der Waals surface area contributed by atoms with Gasteiger partial charge >= 0.3 is 6.18 Å². The van der Waals surface area contributed by atoms with Crippen molar-refractivity contribution in [2.45, 2.75) is 51.5 Å². The van der Waals surface area contributed by atoms with Gasteiger partial charge in [0.25, 0.3) is 0 Å². The normalized spacial score (nSPS) is 17.4. The summed E-state index contributed by atoms with van der Waals surface area (Å²) < 4.78 is 40.9. The van der Waals surface area contributed by atoms with Gasteiger partial charge in [-0.1, -0.05) is 6.07 Å².